The first-order valence-corrected chi connectivity index (χ1v) is 4.59. The molecule has 11 heavy (non-hydrogen) atoms. The van der Waals surface area contributed by atoms with Crippen LogP contribution in [0.1, 0.15) is 24.5 Å². The standard InChI is InChI=1S/C8H13NOS/c1-6(2)10-4-8-9-7(3)5-11-8/h5-6H,4H2,1-3H3. The van der Waals surface area contributed by atoms with Crippen LogP contribution >= 0.6 is 11.3 Å². The molecule has 0 spiro atoms. The highest BCUT2D eigenvalue weighted by molar-refractivity contribution is 7.09. The highest BCUT2D eigenvalue weighted by atomic mass is 32.1. The average Bonchev–Trinajstić information content (AvgIpc) is 2.31. The highest BCUT2D eigenvalue weighted by Gasteiger charge is 1.99. The molecule has 0 N–H and O–H groups in total. The van der Waals surface area contributed by atoms with Gasteiger partial charge < -0.3 is 4.74 Å². The third-order valence-electron chi connectivity index (χ3n) is 1.21. The van der Waals surface area contributed by atoms with Gasteiger partial charge in [0, 0.05) is 11.1 Å². The van der Waals surface area contributed by atoms with Gasteiger partial charge in [0.25, 0.3) is 0 Å². The van der Waals surface area contributed by atoms with E-state index in [2.05, 4.69) is 4.98 Å². The number of ether oxygens (including phenoxy) is 1. The molecule has 0 aliphatic rings. The highest BCUT2D eigenvalue weighted by Crippen LogP contribution is 2.10. The number of thiazole rings is 1. The van der Waals surface area contributed by atoms with Crippen LogP contribution in [0.2, 0.25) is 0 Å². The Kier molecular flexibility index (Phi) is 3.02. The molecule has 1 aromatic heterocycles. The third kappa shape index (κ3) is 2.99. The van der Waals surface area contributed by atoms with Crippen molar-refractivity contribution in [3.8, 4) is 0 Å². The van der Waals surface area contributed by atoms with E-state index in [1.807, 2.05) is 26.2 Å². The Hall–Kier alpha value is -0.410. The number of rotatable bonds is 3. The summed E-state index contributed by atoms with van der Waals surface area (Å²) < 4.78 is 5.39. The normalized spacial score (nSPS) is 10.9. The van der Waals surface area contributed by atoms with E-state index in [0.29, 0.717) is 12.7 Å². The Morgan fingerprint density at radius 3 is 2.82 bits per heavy atom. The minimum absolute atomic E-state index is 0.291. The summed E-state index contributed by atoms with van der Waals surface area (Å²) in [6.07, 6.45) is 0.291. The van der Waals surface area contributed by atoms with Crippen LogP contribution in [-0.2, 0) is 11.3 Å². The molecule has 0 fully saturated rings. The molecule has 1 rings (SSSR count). The number of aryl methyl sites for hydroxylation is 1. The predicted molar refractivity (Wildman–Crippen MR) is 46.8 cm³/mol. The summed E-state index contributed by atoms with van der Waals surface area (Å²) in [5.74, 6) is 0. The summed E-state index contributed by atoms with van der Waals surface area (Å²) in [7, 11) is 0. The maximum Gasteiger partial charge on any atom is 0.119 e. The molecule has 0 amide bonds. The quantitative estimate of drug-likeness (QED) is 0.696. The smallest absolute Gasteiger partial charge is 0.119 e. The monoisotopic (exact) mass is 171 g/mol. The maximum absolute atomic E-state index is 5.39. The van der Waals surface area contributed by atoms with Crippen LogP contribution in [0.25, 0.3) is 0 Å². The van der Waals surface area contributed by atoms with Gasteiger partial charge in [-0.3, -0.25) is 0 Å². The van der Waals surface area contributed by atoms with Crippen molar-refractivity contribution >= 4 is 11.3 Å². The molecule has 1 heterocycles. The van der Waals surface area contributed by atoms with Gasteiger partial charge >= 0.3 is 0 Å². The molecular formula is C8H13NOS. The van der Waals surface area contributed by atoms with E-state index < -0.39 is 0 Å². The van der Waals surface area contributed by atoms with Crippen molar-refractivity contribution in [1.29, 1.82) is 0 Å². The molecular weight excluding hydrogens is 158 g/mol. The summed E-state index contributed by atoms with van der Waals surface area (Å²) in [6, 6.07) is 0. The third-order valence-corrected chi connectivity index (χ3v) is 2.15. The van der Waals surface area contributed by atoms with Crippen molar-refractivity contribution in [3.63, 3.8) is 0 Å². The van der Waals surface area contributed by atoms with E-state index in [9.17, 15) is 0 Å². The second kappa shape index (κ2) is 3.83. The zero-order valence-electron chi connectivity index (χ0n) is 7.13. The van der Waals surface area contributed by atoms with Gasteiger partial charge in [-0.1, -0.05) is 0 Å². The molecule has 1 aromatic rings. The fraction of sp³-hybridized carbons (Fsp3) is 0.625. The Balaban J connectivity index is 2.39. The molecule has 0 aliphatic carbocycles. The lowest BCUT2D eigenvalue weighted by Crippen LogP contribution is -2.01. The molecule has 0 aliphatic heterocycles. The van der Waals surface area contributed by atoms with Gasteiger partial charge in [-0.25, -0.2) is 4.98 Å². The molecule has 0 unspecified atom stereocenters. The minimum Gasteiger partial charge on any atom is -0.372 e. The van der Waals surface area contributed by atoms with Crippen LogP contribution in [0.3, 0.4) is 0 Å². The van der Waals surface area contributed by atoms with Gasteiger partial charge in [-0.2, -0.15) is 0 Å². The average molecular weight is 171 g/mol. The first-order valence-electron chi connectivity index (χ1n) is 3.71. The van der Waals surface area contributed by atoms with Crippen LogP contribution in [0.15, 0.2) is 5.38 Å². The minimum atomic E-state index is 0.291. The van der Waals surface area contributed by atoms with Crippen LogP contribution < -0.4 is 0 Å². The Bertz CT molecular complexity index is 220. The van der Waals surface area contributed by atoms with Crippen molar-refractivity contribution in [2.45, 2.75) is 33.5 Å². The van der Waals surface area contributed by atoms with Gasteiger partial charge in [0.05, 0.1) is 12.7 Å². The van der Waals surface area contributed by atoms with Crippen molar-refractivity contribution in [2.24, 2.45) is 0 Å². The molecule has 62 valence electrons. The lowest BCUT2D eigenvalue weighted by Gasteiger charge is -2.03. The summed E-state index contributed by atoms with van der Waals surface area (Å²) in [5.41, 5.74) is 1.08. The van der Waals surface area contributed by atoms with Crippen LogP contribution in [0, 0.1) is 6.92 Å². The fourth-order valence-corrected chi connectivity index (χ4v) is 1.40. The zero-order chi connectivity index (χ0) is 8.27. The Morgan fingerprint density at radius 2 is 2.36 bits per heavy atom. The molecule has 2 nitrogen and oxygen atoms in total. The van der Waals surface area contributed by atoms with E-state index >= 15 is 0 Å². The fourth-order valence-electron chi connectivity index (χ4n) is 0.707. The van der Waals surface area contributed by atoms with Crippen molar-refractivity contribution in [1.82, 2.24) is 4.98 Å². The second-order valence-electron chi connectivity index (χ2n) is 2.74. The molecule has 0 radical (unpaired) electrons. The Labute approximate surface area is 71.2 Å². The molecule has 0 saturated heterocycles. The van der Waals surface area contributed by atoms with Gasteiger partial charge in [0.15, 0.2) is 0 Å². The lowest BCUT2D eigenvalue weighted by molar-refractivity contribution is 0.0655. The summed E-state index contributed by atoms with van der Waals surface area (Å²) in [4.78, 5) is 4.28. The molecule has 0 atom stereocenters. The topological polar surface area (TPSA) is 22.1 Å². The van der Waals surface area contributed by atoms with E-state index in [4.69, 9.17) is 4.74 Å². The maximum atomic E-state index is 5.39. The number of hydrogen-bond acceptors (Lipinski definition) is 3. The first-order chi connectivity index (χ1) is 5.18. The number of aromatic nitrogens is 1. The molecule has 0 saturated carbocycles. The van der Waals surface area contributed by atoms with Gasteiger partial charge in [0.1, 0.15) is 5.01 Å². The summed E-state index contributed by atoms with van der Waals surface area (Å²) >= 11 is 1.66. The van der Waals surface area contributed by atoms with Gasteiger partial charge in [-0.15, -0.1) is 11.3 Å². The summed E-state index contributed by atoms with van der Waals surface area (Å²) in [5, 5.41) is 3.11. The largest absolute Gasteiger partial charge is 0.372 e. The summed E-state index contributed by atoms with van der Waals surface area (Å²) in [6.45, 7) is 6.70. The number of hydrogen-bond donors (Lipinski definition) is 0. The molecule has 3 heteroatoms. The SMILES string of the molecule is Cc1csc(COC(C)C)n1. The van der Waals surface area contributed by atoms with E-state index in [0.717, 1.165) is 10.7 Å². The molecule has 0 aromatic carbocycles. The van der Waals surface area contributed by atoms with Crippen molar-refractivity contribution in [3.05, 3.63) is 16.1 Å². The van der Waals surface area contributed by atoms with Crippen molar-refractivity contribution in [2.75, 3.05) is 0 Å². The lowest BCUT2D eigenvalue weighted by atomic mass is 10.5. The first kappa shape index (κ1) is 8.68. The zero-order valence-corrected chi connectivity index (χ0v) is 7.94. The van der Waals surface area contributed by atoms with Crippen LogP contribution in [0.5, 0.6) is 0 Å². The van der Waals surface area contributed by atoms with E-state index in [-0.39, 0.29) is 0 Å². The second-order valence-corrected chi connectivity index (χ2v) is 3.69. The van der Waals surface area contributed by atoms with Crippen molar-refractivity contribution < 1.29 is 4.74 Å². The van der Waals surface area contributed by atoms with Crippen LogP contribution in [0.4, 0.5) is 0 Å². The van der Waals surface area contributed by atoms with E-state index in [1.54, 1.807) is 11.3 Å². The molecule has 0 bridgehead atoms. The van der Waals surface area contributed by atoms with Gasteiger partial charge in [-0.05, 0) is 20.8 Å². The van der Waals surface area contributed by atoms with E-state index in [1.165, 1.54) is 0 Å². The van der Waals surface area contributed by atoms with Crippen LogP contribution in [-0.4, -0.2) is 11.1 Å². The Morgan fingerprint density at radius 1 is 1.64 bits per heavy atom. The number of nitrogens with zero attached hydrogens (tertiary/aromatic N) is 1. The predicted octanol–water partition coefficient (Wildman–Crippen LogP) is 2.38. The van der Waals surface area contributed by atoms with Gasteiger partial charge in [0.2, 0.25) is 0 Å².